The molecule has 0 saturated heterocycles. The summed E-state index contributed by atoms with van der Waals surface area (Å²) in [6.07, 6.45) is -2.85. The number of nitrogens with one attached hydrogen (secondary N) is 1. The number of carbonyl (C=O) groups excluding carboxylic acids is 1. The van der Waals surface area contributed by atoms with E-state index < -0.39 is 36.1 Å². The molecule has 0 spiro atoms. The third kappa shape index (κ3) is 4.19. The summed E-state index contributed by atoms with van der Waals surface area (Å²) < 4.78 is 44.0. The van der Waals surface area contributed by atoms with Crippen LogP contribution >= 0.6 is 0 Å². The number of rotatable bonds is 6. The van der Waals surface area contributed by atoms with Gasteiger partial charge in [0.1, 0.15) is 11.3 Å². The largest absolute Gasteiger partial charge is 0.481 e. The van der Waals surface area contributed by atoms with Crippen molar-refractivity contribution < 1.29 is 32.6 Å². The molecule has 2 N–H and O–H groups in total. The van der Waals surface area contributed by atoms with Crippen LogP contribution < -0.4 is 10.1 Å². The Bertz CT molecular complexity index is 1110. The maximum Gasteiger partial charge on any atom is 0.422 e. The number of ether oxygens (including phenoxy) is 1. The van der Waals surface area contributed by atoms with Gasteiger partial charge in [-0.2, -0.15) is 13.2 Å². The molecule has 0 aliphatic heterocycles. The van der Waals surface area contributed by atoms with Gasteiger partial charge in [0.05, 0.1) is 16.8 Å². The summed E-state index contributed by atoms with van der Waals surface area (Å²) in [5.41, 5.74) is 0.425. The number of carbonyl (C=O) groups is 2. The monoisotopic (exact) mass is 422 g/mol. The lowest BCUT2D eigenvalue weighted by molar-refractivity contribution is -0.153. The molecule has 8 nitrogen and oxygen atoms in total. The minimum absolute atomic E-state index is 0.0349. The molecular weight excluding hydrogens is 405 g/mol. The van der Waals surface area contributed by atoms with Crippen molar-refractivity contribution in [1.29, 1.82) is 0 Å². The molecule has 11 heteroatoms. The highest BCUT2D eigenvalue weighted by Gasteiger charge is 2.32. The average Bonchev–Trinajstić information content (AvgIpc) is 2.97. The summed E-state index contributed by atoms with van der Waals surface area (Å²) in [6.45, 7) is 0.101. The third-order valence-corrected chi connectivity index (χ3v) is 4.26. The van der Waals surface area contributed by atoms with Gasteiger partial charge in [-0.15, -0.1) is 0 Å². The van der Waals surface area contributed by atoms with Gasteiger partial charge in [0.25, 0.3) is 5.91 Å². The van der Waals surface area contributed by atoms with Gasteiger partial charge in [0, 0.05) is 13.2 Å². The third-order valence-electron chi connectivity index (χ3n) is 4.26. The average molecular weight is 422 g/mol. The van der Waals surface area contributed by atoms with Crippen LogP contribution in [-0.4, -0.2) is 44.3 Å². The Labute approximate surface area is 168 Å². The van der Waals surface area contributed by atoms with Gasteiger partial charge in [-0.1, -0.05) is 13.0 Å². The van der Waals surface area contributed by atoms with Crippen molar-refractivity contribution in [2.75, 3.05) is 11.9 Å². The molecule has 30 heavy (non-hydrogen) atoms. The van der Waals surface area contributed by atoms with Gasteiger partial charge in [-0.25, -0.2) is 9.78 Å². The van der Waals surface area contributed by atoms with E-state index in [9.17, 15) is 27.9 Å². The summed E-state index contributed by atoms with van der Waals surface area (Å²) in [5.74, 6) is -2.48. The molecule has 3 rings (SSSR count). The number of fused-ring (bicyclic) bond motifs is 1. The van der Waals surface area contributed by atoms with Crippen LogP contribution in [0.4, 0.5) is 18.9 Å². The van der Waals surface area contributed by atoms with Crippen molar-refractivity contribution in [2.24, 2.45) is 7.05 Å². The molecule has 0 bridgehead atoms. The Morgan fingerprint density at radius 2 is 2.03 bits per heavy atom. The molecule has 0 saturated carbocycles. The van der Waals surface area contributed by atoms with Gasteiger partial charge >= 0.3 is 12.1 Å². The van der Waals surface area contributed by atoms with Crippen molar-refractivity contribution >= 4 is 28.6 Å². The van der Waals surface area contributed by atoms with E-state index in [1.54, 1.807) is 19.1 Å². The zero-order valence-corrected chi connectivity index (χ0v) is 15.9. The SMILES string of the molecule is CCc1nc2c(cc1NC(=O)c1ccccn1)c(OCC(F)(F)F)c(C(=O)O)n2C. The second-order valence-corrected chi connectivity index (χ2v) is 6.32. The van der Waals surface area contributed by atoms with E-state index in [0.717, 1.165) is 4.57 Å². The van der Waals surface area contributed by atoms with Crippen LogP contribution in [0.25, 0.3) is 11.0 Å². The second kappa shape index (κ2) is 8.01. The van der Waals surface area contributed by atoms with Crippen LogP contribution in [0.1, 0.15) is 33.6 Å². The second-order valence-electron chi connectivity index (χ2n) is 6.32. The minimum atomic E-state index is -4.66. The Hall–Kier alpha value is -3.63. The number of halogens is 3. The molecule has 0 aliphatic carbocycles. The highest BCUT2D eigenvalue weighted by molar-refractivity contribution is 6.05. The van der Waals surface area contributed by atoms with Gasteiger partial charge in [0.15, 0.2) is 18.1 Å². The molecule has 158 valence electrons. The first-order valence-electron chi connectivity index (χ1n) is 8.80. The molecule has 0 radical (unpaired) electrons. The number of nitrogens with zero attached hydrogens (tertiary/aromatic N) is 3. The van der Waals surface area contributed by atoms with E-state index in [4.69, 9.17) is 4.74 Å². The number of carboxylic acids is 1. The Balaban J connectivity index is 2.12. The van der Waals surface area contributed by atoms with Gasteiger partial charge in [-0.3, -0.25) is 9.78 Å². The summed E-state index contributed by atoms with van der Waals surface area (Å²) in [6, 6.07) is 6.13. The first-order chi connectivity index (χ1) is 14.1. The maximum absolute atomic E-state index is 12.7. The van der Waals surface area contributed by atoms with Crippen molar-refractivity contribution in [3.05, 3.63) is 47.5 Å². The van der Waals surface area contributed by atoms with E-state index in [0.29, 0.717) is 12.1 Å². The summed E-state index contributed by atoms with van der Waals surface area (Å²) in [5, 5.41) is 12.1. The first kappa shape index (κ1) is 21.1. The molecule has 0 fully saturated rings. The van der Waals surface area contributed by atoms with Crippen molar-refractivity contribution in [3.63, 3.8) is 0 Å². The van der Waals surface area contributed by atoms with Gasteiger partial charge < -0.3 is 19.7 Å². The zero-order valence-electron chi connectivity index (χ0n) is 15.9. The highest BCUT2D eigenvalue weighted by atomic mass is 19.4. The summed E-state index contributed by atoms with van der Waals surface area (Å²) >= 11 is 0. The Morgan fingerprint density at radius 3 is 2.60 bits per heavy atom. The number of hydrogen-bond donors (Lipinski definition) is 2. The van der Waals surface area contributed by atoms with E-state index in [2.05, 4.69) is 15.3 Å². The molecular formula is C19H17F3N4O4. The molecule has 3 aromatic heterocycles. The summed E-state index contributed by atoms with van der Waals surface area (Å²) in [4.78, 5) is 32.4. The molecule has 0 unspecified atom stereocenters. The molecule has 1 amide bonds. The van der Waals surface area contributed by atoms with Crippen molar-refractivity contribution in [1.82, 2.24) is 14.5 Å². The zero-order chi connectivity index (χ0) is 22.1. The predicted molar refractivity (Wildman–Crippen MR) is 101 cm³/mol. The summed E-state index contributed by atoms with van der Waals surface area (Å²) in [7, 11) is 1.37. The highest BCUT2D eigenvalue weighted by Crippen LogP contribution is 2.36. The number of anilines is 1. The lowest BCUT2D eigenvalue weighted by atomic mass is 10.2. The fourth-order valence-electron chi connectivity index (χ4n) is 2.95. The lowest BCUT2D eigenvalue weighted by Gasteiger charge is -2.11. The van der Waals surface area contributed by atoms with Crippen LogP contribution in [-0.2, 0) is 13.5 Å². The van der Waals surface area contributed by atoms with E-state index in [1.807, 2.05) is 0 Å². The minimum Gasteiger partial charge on any atom is -0.481 e. The van der Waals surface area contributed by atoms with E-state index in [1.165, 1.54) is 25.4 Å². The number of aromatic nitrogens is 3. The molecule has 0 aliphatic rings. The molecule has 3 aromatic rings. The van der Waals surface area contributed by atoms with E-state index in [-0.39, 0.29) is 22.4 Å². The van der Waals surface area contributed by atoms with Crippen LogP contribution in [0.15, 0.2) is 30.5 Å². The number of aryl methyl sites for hydroxylation is 2. The topological polar surface area (TPSA) is 106 Å². The fourth-order valence-corrected chi connectivity index (χ4v) is 2.95. The fraction of sp³-hybridized carbons (Fsp3) is 0.263. The molecule has 0 atom stereocenters. The normalized spacial score (nSPS) is 11.5. The number of amides is 1. The maximum atomic E-state index is 12.7. The molecule has 0 aromatic carbocycles. The lowest BCUT2D eigenvalue weighted by Crippen LogP contribution is -2.20. The number of aromatic carboxylic acids is 1. The number of pyridine rings is 2. The van der Waals surface area contributed by atoms with Crippen LogP contribution in [0.2, 0.25) is 0 Å². The standard InChI is InChI=1S/C19H17F3N4O4/c1-3-11-13(25-17(27)12-6-4-5-7-23-12)8-10-15(30-9-19(20,21)22)14(18(28)29)26(2)16(10)24-11/h4-8H,3,9H2,1-2H3,(H,25,27)(H,28,29). The Kier molecular flexibility index (Phi) is 5.63. The van der Waals surface area contributed by atoms with E-state index >= 15 is 0 Å². The van der Waals surface area contributed by atoms with Crippen molar-refractivity contribution in [2.45, 2.75) is 19.5 Å². The number of alkyl halides is 3. The van der Waals surface area contributed by atoms with Crippen LogP contribution in [0, 0.1) is 0 Å². The number of carboxylic acid groups (broad SMARTS) is 1. The molecule has 3 heterocycles. The van der Waals surface area contributed by atoms with Gasteiger partial charge in [-0.05, 0) is 24.6 Å². The predicted octanol–water partition coefficient (Wildman–Crippen LogP) is 3.42. The smallest absolute Gasteiger partial charge is 0.422 e. The quantitative estimate of drug-likeness (QED) is 0.631. The van der Waals surface area contributed by atoms with Crippen LogP contribution in [0.5, 0.6) is 5.75 Å². The number of hydrogen-bond acceptors (Lipinski definition) is 5. The first-order valence-corrected chi connectivity index (χ1v) is 8.80. The Morgan fingerprint density at radius 1 is 1.30 bits per heavy atom. The van der Waals surface area contributed by atoms with Crippen molar-refractivity contribution in [3.8, 4) is 5.75 Å². The van der Waals surface area contributed by atoms with Crippen LogP contribution in [0.3, 0.4) is 0 Å². The van der Waals surface area contributed by atoms with Gasteiger partial charge in [0.2, 0.25) is 0 Å².